The minimum atomic E-state index is -1.89. The van der Waals surface area contributed by atoms with E-state index >= 15 is 0 Å². The number of carboxylic acids is 2. The third kappa shape index (κ3) is 37.0. The Morgan fingerprint density at radius 1 is 0.474 bits per heavy atom. The maximum absolute atomic E-state index is 14.7. The minimum absolute atomic E-state index is 0.00158. The van der Waals surface area contributed by atoms with E-state index in [9.17, 15) is 96.8 Å². The lowest BCUT2D eigenvalue weighted by Crippen LogP contribution is -2.62. The molecule has 114 heavy (non-hydrogen) atoms. The maximum atomic E-state index is 14.7. The number of aromatic amines is 2. The first-order valence-corrected chi connectivity index (χ1v) is 38.6. The van der Waals surface area contributed by atoms with E-state index in [-0.39, 0.29) is 87.8 Å². The van der Waals surface area contributed by atoms with Gasteiger partial charge >= 0.3 is 11.9 Å². The number of H-pyrrole nitrogens is 2. The Balaban J connectivity index is 2.54. The fourth-order valence-electron chi connectivity index (χ4n) is 11.0. The van der Waals surface area contributed by atoms with Gasteiger partial charge in [0.2, 0.25) is 88.6 Å². The highest BCUT2D eigenvalue weighted by atomic mass is 32.2. The van der Waals surface area contributed by atoms with Crippen molar-refractivity contribution in [3.05, 3.63) is 36.4 Å². The molecule has 2 aromatic rings. The average Bonchev–Trinajstić information content (AvgIpc) is 0.984. The summed E-state index contributed by atoms with van der Waals surface area (Å²) in [4.78, 5) is 249. The van der Waals surface area contributed by atoms with E-state index in [2.05, 4.69) is 94.0 Å². The van der Waals surface area contributed by atoms with Gasteiger partial charge in [-0.1, -0.05) is 48.0 Å². The first kappa shape index (κ1) is 99.0. The number of amides is 15. The van der Waals surface area contributed by atoms with Crippen molar-refractivity contribution in [2.45, 2.75) is 236 Å². The lowest BCUT2D eigenvalue weighted by Gasteiger charge is -2.30. The van der Waals surface area contributed by atoms with Crippen LogP contribution in [0.4, 0.5) is 0 Å². The molecule has 0 spiro atoms. The van der Waals surface area contributed by atoms with Crippen LogP contribution in [0.25, 0.3) is 0 Å². The summed E-state index contributed by atoms with van der Waals surface area (Å²) in [5, 5.41) is 61.9. The summed E-state index contributed by atoms with van der Waals surface area (Å²) in [6.45, 7) is 11.4. The van der Waals surface area contributed by atoms with Crippen LogP contribution >= 0.6 is 11.8 Å². The molecule has 30 N–H and O–H groups in total. The number of imidazole rings is 2. The number of hydrogen-bond donors (Lipinski definition) is 24. The quantitative estimate of drug-likeness (QED) is 0.0166. The van der Waals surface area contributed by atoms with Gasteiger partial charge in [0.05, 0.1) is 31.7 Å². The van der Waals surface area contributed by atoms with Gasteiger partial charge in [-0.15, -0.1) is 0 Å². The highest BCUT2D eigenvalue weighted by Gasteiger charge is 2.39. The summed E-state index contributed by atoms with van der Waals surface area (Å²) in [5.74, 6) is -19.8. The summed E-state index contributed by atoms with van der Waals surface area (Å²) in [6, 6.07) is -21.5. The number of nitrogens with zero attached hydrogens (tertiary/aromatic N) is 3. The molecule has 2 aromatic heterocycles. The van der Waals surface area contributed by atoms with Crippen LogP contribution in [0.2, 0.25) is 0 Å². The summed E-state index contributed by atoms with van der Waals surface area (Å²) < 4.78 is 0. The van der Waals surface area contributed by atoms with E-state index in [1.54, 1.807) is 40.9 Å². The Kier molecular flexibility index (Phi) is 44.7. The predicted molar refractivity (Wildman–Crippen MR) is 412 cm³/mol. The van der Waals surface area contributed by atoms with Crippen LogP contribution in [0.5, 0.6) is 0 Å². The molecule has 0 aliphatic rings. The van der Waals surface area contributed by atoms with E-state index in [4.69, 9.17) is 34.4 Å². The second-order valence-electron chi connectivity index (χ2n) is 28.1. The molecule has 45 heteroatoms. The SMILES string of the molecule is CC[C@H](C)[C@H](NC(=O)[C@H](CCC(=O)O)NC(=O)[C@H](CO)NC(=O)[C@@H](NC(=O)[C@H](C)N)C(C)C)C(=O)N[C@@H](CCC(N)=O)C(=O)N[C@@H](CC(C)C)C(=O)N[C@@H](CCSC)C(=O)N[C@@H](Cc1cnc[nH]1)C(=O)N[C@@H](CC(N)=O)C(=O)N[C@@H](CCCN=C(N)N)C(=O)N[C@@H](C)C(=O)N[C@@H](CCCCN)C(=O)N[C@@H](Cc1cnc[nH]1)C(=O)O. The number of rotatable bonds is 56. The zero-order valence-corrected chi connectivity index (χ0v) is 66.4. The van der Waals surface area contributed by atoms with Crippen molar-refractivity contribution in [1.29, 1.82) is 0 Å². The molecular weight excluding hydrogens is 1520 g/mol. The minimum Gasteiger partial charge on any atom is -0.481 e. The number of hydrogen-bond acceptors (Lipinski definition) is 24. The number of guanidine groups is 1. The van der Waals surface area contributed by atoms with Crippen molar-refractivity contribution >= 4 is 118 Å². The molecule has 0 radical (unpaired) electrons. The monoisotopic (exact) mass is 1630 g/mol. The number of unbranched alkanes of at least 4 members (excludes halogenated alkanes) is 1. The molecule has 0 bridgehead atoms. The second-order valence-corrected chi connectivity index (χ2v) is 29.1. The van der Waals surface area contributed by atoms with Gasteiger partial charge in [0.1, 0.15) is 78.5 Å². The van der Waals surface area contributed by atoms with Gasteiger partial charge in [0.25, 0.3) is 0 Å². The molecule has 15 atom stereocenters. The smallest absolute Gasteiger partial charge is 0.326 e. The van der Waals surface area contributed by atoms with Crippen LogP contribution in [0.3, 0.4) is 0 Å². The molecule has 0 aliphatic carbocycles. The maximum Gasteiger partial charge on any atom is 0.326 e. The molecule has 2 rings (SSSR count). The van der Waals surface area contributed by atoms with Gasteiger partial charge < -0.3 is 129 Å². The van der Waals surface area contributed by atoms with Gasteiger partial charge in [-0.2, -0.15) is 11.8 Å². The topological polar surface area (TPSA) is 733 Å². The predicted octanol–water partition coefficient (Wildman–Crippen LogP) is -7.65. The molecule has 2 heterocycles. The van der Waals surface area contributed by atoms with Gasteiger partial charge in [0.15, 0.2) is 5.96 Å². The summed E-state index contributed by atoms with van der Waals surface area (Å²) in [6.07, 6.45) is 3.51. The standard InChI is InChI=1S/C69H116N24O20S/c1-10-35(6)54(93-61(105)43(17-19-52(97)98)84-65(109)49(30-94)91-66(110)53(34(4)5)92-55(99)36(7)71)67(111)86-42(16-18-50(72)95)59(103)87-45(24-33(2)3)62(106)85-44(20-23-114-9)60(104)88-46(25-38-28-76-31-79-38)63(107)89-47(27-51(73)96)64(108)83-41(15-13-22-78-69(74)75)57(101)81-37(8)56(100)82-40(14-11-12-21-70)58(102)90-48(68(112)113)26-39-29-77-32-80-39/h28-29,31-37,40-49,53-54,94H,10-27,30,70-71H2,1-9H3,(H2,72,95)(H2,73,96)(H,76,79)(H,77,80)(H,81,101)(H,82,100)(H,83,108)(H,84,109)(H,85,106)(H,86,111)(H,87,103)(H,88,104)(H,89,107)(H,90,102)(H,91,110)(H,92,99)(H,93,105)(H,97,98)(H,112,113)(H4,74,75,78)/t35-,36-,37-,40-,41-,42-,43-,44-,45-,46-,47-,48-,49-,53-,54-/m0/s1. The number of aromatic nitrogens is 4. The highest BCUT2D eigenvalue weighted by molar-refractivity contribution is 7.98. The van der Waals surface area contributed by atoms with Crippen LogP contribution in [0, 0.1) is 17.8 Å². The number of carbonyl (C=O) groups is 17. The van der Waals surface area contributed by atoms with Crippen molar-refractivity contribution in [3.63, 3.8) is 0 Å². The van der Waals surface area contributed by atoms with E-state index in [1.807, 2.05) is 0 Å². The van der Waals surface area contributed by atoms with Crippen molar-refractivity contribution < 1.29 is 96.8 Å². The van der Waals surface area contributed by atoms with Gasteiger partial charge in [-0.05, 0) is 108 Å². The second kappa shape index (κ2) is 51.5. The van der Waals surface area contributed by atoms with Crippen LogP contribution in [0.1, 0.15) is 150 Å². The molecule has 638 valence electrons. The van der Waals surface area contributed by atoms with Crippen molar-refractivity contribution in [3.8, 4) is 0 Å². The number of nitrogens with two attached hydrogens (primary N) is 6. The molecule has 15 amide bonds. The van der Waals surface area contributed by atoms with Gasteiger partial charge in [-0.3, -0.25) is 81.7 Å². The van der Waals surface area contributed by atoms with Crippen molar-refractivity contribution in [2.24, 2.45) is 57.1 Å². The molecule has 0 aliphatic heterocycles. The summed E-state index contributed by atoms with van der Waals surface area (Å²) in [5.41, 5.74) is 34.1. The number of aliphatic hydroxyl groups is 1. The van der Waals surface area contributed by atoms with E-state index in [1.165, 1.54) is 57.6 Å². The van der Waals surface area contributed by atoms with Crippen LogP contribution in [-0.2, 0) is 94.3 Å². The van der Waals surface area contributed by atoms with E-state index in [0.29, 0.717) is 18.5 Å². The Morgan fingerprint density at radius 2 is 0.895 bits per heavy atom. The Hall–Kier alpha value is -11.1. The van der Waals surface area contributed by atoms with Crippen molar-refractivity contribution in [2.75, 3.05) is 31.7 Å². The molecule has 0 unspecified atom stereocenters. The van der Waals surface area contributed by atoms with Crippen molar-refractivity contribution in [1.82, 2.24) is 89.1 Å². The summed E-state index contributed by atoms with van der Waals surface area (Å²) in [7, 11) is 0. The number of aliphatic hydroxyl groups excluding tert-OH is 1. The number of primary amides is 2. The Labute approximate surface area is 663 Å². The fraction of sp³-hybridized carbons (Fsp3) is 0.652. The number of carboxylic acid groups (broad SMARTS) is 2. The first-order chi connectivity index (χ1) is 53.7. The summed E-state index contributed by atoms with van der Waals surface area (Å²) >= 11 is 1.25. The Bertz CT molecular complexity index is 3560. The zero-order valence-electron chi connectivity index (χ0n) is 65.6. The zero-order chi connectivity index (χ0) is 86.1. The van der Waals surface area contributed by atoms with E-state index < -0.39 is 236 Å². The van der Waals surface area contributed by atoms with Crippen LogP contribution < -0.4 is 104 Å². The number of aliphatic imine (C=N–C) groups is 1. The lowest BCUT2D eigenvalue weighted by molar-refractivity contribution is -0.142. The molecule has 0 saturated heterocycles. The molecule has 0 fully saturated rings. The fourth-order valence-corrected chi connectivity index (χ4v) is 11.4. The first-order valence-electron chi connectivity index (χ1n) is 37.2. The molecule has 0 aromatic carbocycles. The highest BCUT2D eigenvalue weighted by Crippen LogP contribution is 2.16. The largest absolute Gasteiger partial charge is 0.481 e. The molecule has 44 nitrogen and oxygen atoms in total. The van der Waals surface area contributed by atoms with Gasteiger partial charge in [-0.25, -0.2) is 14.8 Å². The average molecular weight is 1630 g/mol. The van der Waals surface area contributed by atoms with E-state index in [0.717, 1.165) is 0 Å². The number of carbonyl (C=O) groups excluding carboxylic acids is 15. The lowest BCUT2D eigenvalue weighted by atomic mass is 9.96. The third-order valence-corrected chi connectivity index (χ3v) is 18.2. The van der Waals surface area contributed by atoms with Crippen LogP contribution in [-0.4, -0.2) is 258 Å². The van der Waals surface area contributed by atoms with Crippen LogP contribution in [0.15, 0.2) is 30.0 Å². The number of thioether (sulfide) groups is 1. The number of aliphatic carboxylic acids is 2. The third-order valence-electron chi connectivity index (χ3n) is 17.6. The number of nitrogens with one attached hydrogen (secondary N) is 15. The molecule has 0 saturated carbocycles. The normalized spacial score (nSPS) is 15.1. The van der Waals surface area contributed by atoms with Gasteiger partial charge in [0, 0.05) is 56.0 Å². The molecular formula is C69H116N24O20S. The Morgan fingerprint density at radius 3 is 1.37 bits per heavy atom.